The molecule has 7 heteroatoms. The molecule has 1 aromatic carbocycles. The zero-order valence-corrected chi connectivity index (χ0v) is 14.3. The fourth-order valence-electron chi connectivity index (χ4n) is 2.74. The minimum absolute atomic E-state index is 0. The highest BCUT2D eigenvalue weighted by Gasteiger charge is 2.33. The van der Waals surface area contributed by atoms with Gasteiger partial charge in [-0.05, 0) is 17.2 Å². The van der Waals surface area contributed by atoms with Crippen molar-refractivity contribution >= 4 is 22.4 Å². The van der Waals surface area contributed by atoms with E-state index >= 15 is 0 Å². The van der Waals surface area contributed by atoms with Crippen LogP contribution in [0.15, 0.2) is 54.9 Å². The second-order valence-corrected chi connectivity index (χ2v) is 7.28. The van der Waals surface area contributed by atoms with Crippen LogP contribution in [0.5, 0.6) is 0 Å². The fourth-order valence-corrected chi connectivity index (χ4v) is 4.48. The zero-order valence-electron chi connectivity index (χ0n) is 12.6. The van der Waals surface area contributed by atoms with Crippen LogP contribution >= 0.6 is 12.4 Å². The maximum atomic E-state index is 12.8. The highest BCUT2D eigenvalue weighted by molar-refractivity contribution is 7.88. The van der Waals surface area contributed by atoms with E-state index in [9.17, 15) is 8.42 Å². The fraction of sp³-hybridized carbons (Fsp3) is 0.312. The molecule has 1 saturated heterocycles. The van der Waals surface area contributed by atoms with Crippen LogP contribution in [0, 0.1) is 0 Å². The van der Waals surface area contributed by atoms with Crippen LogP contribution in [0.25, 0.3) is 0 Å². The lowest BCUT2D eigenvalue weighted by Crippen LogP contribution is -2.48. The summed E-state index contributed by atoms with van der Waals surface area (Å²) in [7, 11) is -3.37. The number of benzene rings is 1. The van der Waals surface area contributed by atoms with Crippen molar-refractivity contribution in [3.05, 3.63) is 66.0 Å². The van der Waals surface area contributed by atoms with Gasteiger partial charge in [-0.25, -0.2) is 8.42 Å². The minimum atomic E-state index is -3.37. The number of halogens is 1. The van der Waals surface area contributed by atoms with Crippen molar-refractivity contribution in [2.45, 2.75) is 11.8 Å². The molecule has 1 aliphatic heterocycles. The van der Waals surface area contributed by atoms with Gasteiger partial charge in [0.05, 0.1) is 11.8 Å². The van der Waals surface area contributed by atoms with Crippen LogP contribution in [-0.2, 0) is 15.8 Å². The van der Waals surface area contributed by atoms with Gasteiger partial charge in [-0.3, -0.25) is 4.98 Å². The van der Waals surface area contributed by atoms with Gasteiger partial charge in [0.1, 0.15) is 0 Å². The molecule has 2 aromatic rings. The number of nitrogens with zero attached hydrogens (tertiary/aromatic N) is 2. The lowest BCUT2D eigenvalue weighted by molar-refractivity contribution is 0.271. The van der Waals surface area contributed by atoms with Gasteiger partial charge >= 0.3 is 0 Å². The number of aromatic nitrogens is 1. The number of piperazine rings is 1. The molecule has 3 rings (SSSR count). The highest BCUT2D eigenvalue weighted by Crippen LogP contribution is 2.26. The Hall–Kier alpha value is -1.47. The van der Waals surface area contributed by atoms with E-state index in [1.807, 2.05) is 42.5 Å². The quantitative estimate of drug-likeness (QED) is 0.913. The summed E-state index contributed by atoms with van der Waals surface area (Å²) >= 11 is 0. The monoisotopic (exact) mass is 353 g/mol. The summed E-state index contributed by atoms with van der Waals surface area (Å²) in [6.07, 6.45) is 3.44. The van der Waals surface area contributed by atoms with E-state index < -0.39 is 10.0 Å². The first-order chi connectivity index (χ1) is 10.7. The summed E-state index contributed by atoms with van der Waals surface area (Å²) in [5.74, 6) is 0.0323. The second-order valence-electron chi connectivity index (χ2n) is 5.36. The van der Waals surface area contributed by atoms with Crippen LogP contribution in [0.4, 0.5) is 0 Å². The summed E-state index contributed by atoms with van der Waals surface area (Å²) < 4.78 is 27.2. The van der Waals surface area contributed by atoms with Gasteiger partial charge in [-0.1, -0.05) is 36.4 Å². The molecular weight excluding hydrogens is 334 g/mol. The third kappa shape index (κ3) is 4.29. The third-order valence-corrected chi connectivity index (χ3v) is 5.66. The Balaban J connectivity index is 0.00000192. The van der Waals surface area contributed by atoms with Crippen molar-refractivity contribution in [3.8, 4) is 0 Å². The molecule has 0 saturated carbocycles. The third-order valence-electron chi connectivity index (χ3n) is 3.81. The molecule has 124 valence electrons. The molecule has 1 N–H and O–H groups in total. The molecule has 1 fully saturated rings. The Bertz CT molecular complexity index is 711. The summed E-state index contributed by atoms with van der Waals surface area (Å²) in [5.41, 5.74) is 1.73. The standard InChI is InChI=1S/C16H19N3O2S.ClH/c20-22(21,13-14-5-2-1-3-6-14)19-10-9-18-12-16(19)15-7-4-8-17-11-15;/h1-8,11,16,18H,9-10,12-13H2;1H. The van der Waals surface area contributed by atoms with E-state index in [1.54, 1.807) is 16.7 Å². The van der Waals surface area contributed by atoms with E-state index in [-0.39, 0.29) is 24.2 Å². The van der Waals surface area contributed by atoms with Gasteiger partial charge in [0.25, 0.3) is 0 Å². The number of pyridine rings is 1. The molecular formula is C16H20ClN3O2S. The van der Waals surface area contributed by atoms with E-state index in [2.05, 4.69) is 10.3 Å². The first kappa shape index (κ1) is 17.9. The van der Waals surface area contributed by atoms with Crippen LogP contribution in [0.2, 0.25) is 0 Å². The van der Waals surface area contributed by atoms with E-state index in [0.29, 0.717) is 19.6 Å². The molecule has 1 atom stereocenters. The van der Waals surface area contributed by atoms with Crippen molar-refractivity contribution in [3.63, 3.8) is 0 Å². The number of nitrogens with one attached hydrogen (secondary N) is 1. The molecule has 0 amide bonds. The Kier molecular flexibility index (Phi) is 6.12. The Morgan fingerprint density at radius 3 is 2.65 bits per heavy atom. The number of sulfonamides is 1. The summed E-state index contributed by atoms with van der Waals surface area (Å²) in [4.78, 5) is 4.11. The largest absolute Gasteiger partial charge is 0.313 e. The smallest absolute Gasteiger partial charge is 0.218 e. The molecule has 23 heavy (non-hydrogen) atoms. The maximum absolute atomic E-state index is 12.8. The molecule has 0 aliphatic carbocycles. The minimum Gasteiger partial charge on any atom is -0.313 e. The predicted molar refractivity (Wildman–Crippen MR) is 92.9 cm³/mol. The van der Waals surface area contributed by atoms with Crippen molar-refractivity contribution < 1.29 is 8.42 Å². The number of hydrogen-bond acceptors (Lipinski definition) is 4. The van der Waals surface area contributed by atoms with Crippen LogP contribution in [0.3, 0.4) is 0 Å². The average molecular weight is 354 g/mol. The summed E-state index contributed by atoms with van der Waals surface area (Å²) in [6.45, 7) is 1.76. The van der Waals surface area contributed by atoms with E-state index in [1.165, 1.54) is 0 Å². The first-order valence-corrected chi connectivity index (χ1v) is 8.92. The van der Waals surface area contributed by atoms with Crippen LogP contribution < -0.4 is 5.32 Å². The molecule has 0 radical (unpaired) electrons. The predicted octanol–water partition coefficient (Wildman–Crippen LogP) is 1.98. The Morgan fingerprint density at radius 2 is 1.96 bits per heavy atom. The summed E-state index contributed by atoms with van der Waals surface area (Å²) in [6, 6.07) is 12.9. The zero-order chi connectivity index (χ0) is 15.4. The first-order valence-electron chi connectivity index (χ1n) is 7.31. The normalized spacial score (nSPS) is 19.0. The molecule has 2 heterocycles. The molecule has 1 aromatic heterocycles. The van der Waals surface area contributed by atoms with Gasteiger partial charge in [0.2, 0.25) is 10.0 Å². The average Bonchev–Trinajstić information content (AvgIpc) is 2.56. The van der Waals surface area contributed by atoms with Crippen LogP contribution in [0.1, 0.15) is 17.2 Å². The van der Waals surface area contributed by atoms with Gasteiger partial charge in [-0.15, -0.1) is 12.4 Å². The van der Waals surface area contributed by atoms with Gasteiger partial charge in [0, 0.05) is 32.0 Å². The van der Waals surface area contributed by atoms with Crippen molar-refractivity contribution in [2.75, 3.05) is 19.6 Å². The molecule has 0 spiro atoms. The SMILES string of the molecule is Cl.O=S(=O)(Cc1ccccc1)N1CCNCC1c1cccnc1. The molecule has 1 unspecified atom stereocenters. The van der Waals surface area contributed by atoms with E-state index in [0.717, 1.165) is 11.1 Å². The Labute approximate surface area is 143 Å². The maximum Gasteiger partial charge on any atom is 0.218 e. The number of hydrogen-bond donors (Lipinski definition) is 1. The lowest BCUT2D eigenvalue weighted by Gasteiger charge is -2.35. The van der Waals surface area contributed by atoms with Crippen molar-refractivity contribution in [2.24, 2.45) is 0 Å². The lowest BCUT2D eigenvalue weighted by atomic mass is 10.1. The van der Waals surface area contributed by atoms with Gasteiger partial charge < -0.3 is 5.32 Å². The topological polar surface area (TPSA) is 62.3 Å². The molecule has 1 aliphatic rings. The summed E-state index contributed by atoms with van der Waals surface area (Å²) in [5, 5.41) is 3.27. The van der Waals surface area contributed by atoms with Crippen molar-refractivity contribution in [1.82, 2.24) is 14.6 Å². The molecule has 5 nitrogen and oxygen atoms in total. The van der Waals surface area contributed by atoms with E-state index in [4.69, 9.17) is 0 Å². The van der Waals surface area contributed by atoms with Crippen molar-refractivity contribution in [1.29, 1.82) is 0 Å². The highest BCUT2D eigenvalue weighted by atomic mass is 35.5. The Morgan fingerprint density at radius 1 is 1.17 bits per heavy atom. The molecule has 0 bridgehead atoms. The second kappa shape index (κ2) is 7.88. The van der Waals surface area contributed by atoms with Crippen LogP contribution in [-0.4, -0.2) is 37.3 Å². The van der Waals surface area contributed by atoms with Gasteiger partial charge in [-0.2, -0.15) is 4.31 Å². The van der Waals surface area contributed by atoms with Gasteiger partial charge in [0.15, 0.2) is 0 Å². The number of rotatable bonds is 4.